The second kappa shape index (κ2) is 10.3. The van der Waals surface area contributed by atoms with Gasteiger partial charge in [0.2, 0.25) is 0 Å². The minimum Gasteiger partial charge on any atom is -0.453 e. The molecule has 0 saturated carbocycles. The molecule has 0 aliphatic carbocycles. The molecule has 1 saturated heterocycles. The van der Waals surface area contributed by atoms with Crippen LogP contribution in [0.5, 0.6) is 11.5 Å². The van der Waals surface area contributed by atoms with Crippen LogP contribution in [0, 0.1) is 0 Å². The van der Waals surface area contributed by atoms with Gasteiger partial charge in [-0.3, -0.25) is 15.1 Å². The Labute approximate surface area is 242 Å². The smallest absolute Gasteiger partial charge is 0.151 e. The Morgan fingerprint density at radius 3 is 1.79 bits per heavy atom. The van der Waals surface area contributed by atoms with Crippen LogP contribution in [0.1, 0.15) is 0 Å². The number of β-amino-alcohol motifs (C(OH)–C–C–N with tert-alkyl or cyclic N) is 1. The monoisotopic (exact) mass is 558 g/mol. The number of aliphatic hydroxyl groups excluding tert-OH is 1. The molecule has 210 valence electrons. The van der Waals surface area contributed by atoms with E-state index in [0.717, 1.165) is 80.0 Å². The van der Waals surface area contributed by atoms with Crippen molar-refractivity contribution in [3.63, 3.8) is 0 Å². The van der Waals surface area contributed by atoms with Crippen molar-refractivity contribution in [3.05, 3.63) is 85.2 Å². The number of ether oxygens (including phenoxy) is 2. The number of nitrogens with one attached hydrogen (secondary N) is 2. The quantitative estimate of drug-likeness (QED) is 0.241. The Hall–Kier alpha value is -4.70. The summed E-state index contributed by atoms with van der Waals surface area (Å²) >= 11 is 0. The highest BCUT2D eigenvalue weighted by Gasteiger charge is 2.28. The molecule has 4 heterocycles. The van der Waals surface area contributed by atoms with Gasteiger partial charge in [-0.15, -0.1) is 0 Å². The summed E-state index contributed by atoms with van der Waals surface area (Å²) in [5.41, 5.74) is 8.15. The van der Waals surface area contributed by atoms with Crippen molar-refractivity contribution < 1.29 is 14.6 Å². The van der Waals surface area contributed by atoms with Gasteiger partial charge in [0.15, 0.2) is 11.5 Å². The molecule has 2 aliphatic heterocycles. The average Bonchev–Trinajstić information content (AvgIpc) is 3.70. The maximum Gasteiger partial charge on any atom is 0.151 e. The van der Waals surface area contributed by atoms with E-state index in [1.165, 1.54) is 0 Å². The van der Waals surface area contributed by atoms with E-state index < -0.39 is 6.10 Å². The highest BCUT2D eigenvalue weighted by Crippen LogP contribution is 2.49. The van der Waals surface area contributed by atoms with Crippen molar-refractivity contribution in [1.29, 1.82) is 0 Å². The first-order chi connectivity index (χ1) is 20.7. The zero-order valence-electron chi connectivity index (χ0n) is 23.0. The highest BCUT2D eigenvalue weighted by molar-refractivity contribution is 5.88. The molecule has 1 unspecified atom stereocenters. The number of benzene rings is 4. The summed E-state index contributed by atoms with van der Waals surface area (Å²) in [5, 5.41) is 27.7. The Morgan fingerprint density at radius 1 is 0.690 bits per heavy atom. The van der Waals surface area contributed by atoms with E-state index >= 15 is 0 Å². The largest absolute Gasteiger partial charge is 0.453 e. The fraction of sp³-hybridized carbons (Fsp3) is 0.212. The predicted molar refractivity (Wildman–Crippen MR) is 163 cm³/mol. The number of anilines is 2. The average molecular weight is 559 g/mol. The minimum atomic E-state index is -0.548. The Kier molecular flexibility index (Phi) is 6.14. The lowest BCUT2D eigenvalue weighted by atomic mass is 10.00. The molecule has 1 fully saturated rings. The number of hydrogen-bond donors (Lipinski definition) is 3. The number of rotatable bonds is 6. The summed E-state index contributed by atoms with van der Waals surface area (Å²) in [7, 11) is 0. The zero-order chi connectivity index (χ0) is 28.0. The third kappa shape index (κ3) is 4.57. The van der Waals surface area contributed by atoms with E-state index in [2.05, 4.69) is 90.9 Å². The SMILES string of the molecule is OC(CN1CCOCC1)CN1c2ccc(-c3ccc4[nH]ncc4c3)cc2Oc2cc(-c3ccc4[nH]ncc4c3)ccc21. The molecule has 9 heteroatoms. The van der Waals surface area contributed by atoms with Crippen LogP contribution in [-0.2, 0) is 4.74 Å². The molecule has 2 aliphatic rings. The van der Waals surface area contributed by atoms with E-state index in [1.54, 1.807) is 0 Å². The molecular weight excluding hydrogens is 528 g/mol. The van der Waals surface area contributed by atoms with Crippen LogP contribution < -0.4 is 9.64 Å². The number of H-pyrrole nitrogens is 2. The van der Waals surface area contributed by atoms with Gasteiger partial charge in [0, 0.05) is 30.4 Å². The Morgan fingerprint density at radius 2 is 1.21 bits per heavy atom. The van der Waals surface area contributed by atoms with Gasteiger partial charge in [-0.25, -0.2) is 0 Å². The highest BCUT2D eigenvalue weighted by atomic mass is 16.5. The maximum atomic E-state index is 11.2. The van der Waals surface area contributed by atoms with E-state index in [-0.39, 0.29) is 0 Å². The van der Waals surface area contributed by atoms with Crippen molar-refractivity contribution in [2.24, 2.45) is 0 Å². The molecule has 3 N–H and O–H groups in total. The van der Waals surface area contributed by atoms with Gasteiger partial charge >= 0.3 is 0 Å². The fourth-order valence-corrected chi connectivity index (χ4v) is 6.04. The molecule has 2 aromatic heterocycles. The zero-order valence-corrected chi connectivity index (χ0v) is 23.0. The number of hydrogen-bond acceptors (Lipinski definition) is 7. The number of nitrogens with zero attached hydrogens (tertiary/aromatic N) is 4. The summed E-state index contributed by atoms with van der Waals surface area (Å²) in [5.74, 6) is 1.52. The molecule has 6 aromatic rings. The normalized spacial score (nSPS) is 15.9. The van der Waals surface area contributed by atoms with Crippen molar-refractivity contribution >= 4 is 33.2 Å². The first kappa shape index (κ1) is 25.0. The summed E-state index contributed by atoms with van der Waals surface area (Å²) in [6, 6.07) is 25.1. The van der Waals surface area contributed by atoms with Gasteiger partial charge < -0.3 is 19.5 Å². The van der Waals surface area contributed by atoms with Crippen LogP contribution in [0.3, 0.4) is 0 Å². The molecule has 42 heavy (non-hydrogen) atoms. The molecular formula is C33H30N6O3. The Bertz CT molecular complexity index is 1780. The van der Waals surface area contributed by atoms with Crippen LogP contribution in [-0.4, -0.2) is 75.9 Å². The van der Waals surface area contributed by atoms with E-state index in [4.69, 9.17) is 9.47 Å². The van der Waals surface area contributed by atoms with E-state index in [1.807, 2.05) is 24.5 Å². The second-order valence-corrected chi connectivity index (χ2v) is 11.0. The number of aromatic nitrogens is 4. The summed E-state index contributed by atoms with van der Waals surface area (Å²) in [6.07, 6.45) is 3.13. The van der Waals surface area contributed by atoms with E-state index in [0.29, 0.717) is 26.3 Å². The first-order valence-electron chi connectivity index (χ1n) is 14.3. The first-order valence-corrected chi connectivity index (χ1v) is 14.3. The molecule has 0 amide bonds. The summed E-state index contributed by atoms with van der Waals surface area (Å²) in [4.78, 5) is 4.45. The standard InChI is InChI=1S/C33H30N6O3/c40-27(19-38-9-11-41-12-10-38)20-39-30-7-3-23(21-1-5-28-25(13-21)17-34-36-28)15-32(30)42-33-16-24(4-8-31(33)39)22-2-6-29-26(14-22)18-35-37-29/h1-8,13-18,27,40H,9-12,19-20H2,(H,34,36)(H,35,37). The number of morpholine rings is 1. The van der Waals surface area contributed by atoms with Gasteiger partial charge in [-0.1, -0.05) is 24.3 Å². The minimum absolute atomic E-state index is 0.446. The van der Waals surface area contributed by atoms with Crippen LogP contribution in [0.15, 0.2) is 85.2 Å². The van der Waals surface area contributed by atoms with Crippen LogP contribution >= 0.6 is 0 Å². The van der Waals surface area contributed by atoms with E-state index in [9.17, 15) is 5.11 Å². The summed E-state index contributed by atoms with van der Waals surface area (Å²) < 4.78 is 12.1. The third-order valence-electron chi connectivity index (χ3n) is 8.23. The third-order valence-corrected chi connectivity index (χ3v) is 8.23. The van der Waals surface area contributed by atoms with Gasteiger partial charge in [0.05, 0.1) is 60.7 Å². The molecule has 1 atom stereocenters. The number of aromatic amines is 2. The van der Waals surface area contributed by atoms with Gasteiger partial charge in [-0.05, 0) is 70.8 Å². The lowest BCUT2D eigenvalue weighted by Gasteiger charge is -2.36. The predicted octanol–water partition coefficient (Wildman–Crippen LogP) is 5.71. The Balaban J connectivity index is 1.17. The van der Waals surface area contributed by atoms with Crippen molar-refractivity contribution in [2.75, 3.05) is 44.3 Å². The lowest BCUT2D eigenvalue weighted by molar-refractivity contribution is 0.0164. The topological polar surface area (TPSA) is 103 Å². The molecule has 4 aromatic carbocycles. The molecule has 0 bridgehead atoms. The van der Waals surface area contributed by atoms with Crippen molar-refractivity contribution in [3.8, 4) is 33.8 Å². The van der Waals surface area contributed by atoms with Crippen molar-refractivity contribution in [2.45, 2.75) is 6.10 Å². The number of fused-ring (bicyclic) bond motifs is 4. The van der Waals surface area contributed by atoms with Crippen molar-refractivity contribution in [1.82, 2.24) is 25.3 Å². The lowest BCUT2D eigenvalue weighted by Crippen LogP contribution is -2.44. The van der Waals surface area contributed by atoms with Crippen LogP contribution in [0.4, 0.5) is 11.4 Å². The fourth-order valence-electron chi connectivity index (χ4n) is 6.04. The summed E-state index contributed by atoms with van der Waals surface area (Å²) in [6.45, 7) is 4.12. The van der Waals surface area contributed by atoms with Gasteiger partial charge in [-0.2, -0.15) is 10.2 Å². The van der Waals surface area contributed by atoms with Crippen LogP contribution in [0.2, 0.25) is 0 Å². The van der Waals surface area contributed by atoms with Gasteiger partial charge in [0.25, 0.3) is 0 Å². The van der Waals surface area contributed by atoms with Gasteiger partial charge in [0.1, 0.15) is 0 Å². The molecule has 0 radical (unpaired) electrons. The second-order valence-electron chi connectivity index (χ2n) is 11.0. The molecule has 9 nitrogen and oxygen atoms in total. The number of aliphatic hydroxyl groups is 1. The maximum absolute atomic E-state index is 11.2. The molecule has 0 spiro atoms. The van der Waals surface area contributed by atoms with Crippen LogP contribution in [0.25, 0.3) is 44.1 Å². The molecule has 8 rings (SSSR count).